The van der Waals surface area contributed by atoms with Crippen LogP contribution in [0.5, 0.6) is 5.75 Å². The second-order valence-corrected chi connectivity index (χ2v) is 17.2. The van der Waals surface area contributed by atoms with E-state index in [9.17, 15) is 18.3 Å². The summed E-state index contributed by atoms with van der Waals surface area (Å²) >= 11 is 6.45. The predicted octanol–water partition coefficient (Wildman–Crippen LogP) is 7.04. The van der Waals surface area contributed by atoms with Crippen LogP contribution in [0.3, 0.4) is 0 Å². The topological polar surface area (TPSA) is 109 Å². The first-order chi connectivity index (χ1) is 24.4. The van der Waals surface area contributed by atoms with Gasteiger partial charge in [-0.1, -0.05) is 48.6 Å². The molecular weight excluding hydrogens is 682 g/mol. The molecule has 1 amide bonds. The van der Waals surface area contributed by atoms with Crippen LogP contribution in [0.15, 0.2) is 72.9 Å². The molecule has 0 saturated heterocycles. The number of ether oxygens (including phenoxy) is 1. The average molecular weight is 730 g/mol. The second kappa shape index (κ2) is 15.4. The van der Waals surface area contributed by atoms with E-state index in [1.54, 1.807) is 24.4 Å². The van der Waals surface area contributed by atoms with E-state index >= 15 is 0 Å². The van der Waals surface area contributed by atoms with Crippen LogP contribution in [0.1, 0.15) is 86.5 Å². The van der Waals surface area contributed by atoms with Crippen molar-refractivity contribution in [3.05, 3.63) is 100 Å². The van der Waals surface area contributed by atoms with E-state index in [2.05, 4.69) is 38.6 Å². The molecule has 3 aliphatic rings. The third-order valence-corrected chi connectivity index (χ3v) is 12.7. The van der Waals surface area contributed by atoms with Gasteiger partial charge in [-0.15, -0.1) is 0 Å². The number of pyridine rings is 1. The molecule has 2 heterocycles. The van der Waals surface area contributed by atoms with Crippen molar-refractivity contribution in [3.8, 4) is 17.6 Å². The fourth-order valence-electron chi connectivity index (χ4n) is 7.71. The largest absolute Gasteiger partial charge is 0.490 e. The molecule has 10 heteroatoms. The maximum atomic E-state index is 13.3. The van der Waals surface area contributed by atoms with E-state index in [4.69, 9.17) is 16.3 Å². The number of carbonyl (C=O) groups excluding carboxylic acids is 1. The summed E-state index contributed by atoms with van der Waals surface area (Å²) in [5, 5.41) is 12.1. The highest BCUT2D eigenvalue weighted by atomic mass is 35.5. The second-order valence-electron chi connectivity index (χ2n) is 14.5. The van der Waals surface area contributed by atoms with Crippen molar-refractivity contribution in [2.45, 2.75) is 88.4 Å². The number of hydrogen-bond donors (Lipinski definition) is 2. The Balaban J connectivity index is 1.33. The maximum absolute atomic E-state index is 13.3. The van der Waals surface area contributed by atoms with Crippen molar-refractivity contribution in [1.82, 2.24) is 9.71 Å². The predicted molar refractivity (Wildman–Crippen MR) is 203 cm³/mol. The highest BCUT2D eigenvalue weighted by Crippen LogP contribution is 2.48. The number of fused-ring (bicyclic) bond motifs is 3. The quantitative estimate of drug-likeness (QED) is 0.170. The fraction of sp³-hybridized carbons (Fsp3) is 0.463. The van der Waals surface area contributed by atoms with Crippen LogP contribution in [0.4, 0.5) is 5.69 Å². The summed E-state index contributed by atoms with van der Waals surface area (Å²) in [5.74, 6) is 6.50. The highest BCUT2D eigenvalue weighted by molar-refractivity contribution is 7.90. The lowest BCUT2D eigenvalue weighted by molar-refractivity contribution is -0.00320. The Morgan fingerprint density at radius 3 is 2.78 bits per heavy atom. The van der Waals surface area contributed by atoms with Crippen LogP contribution in [-0.2, 0) is 28.3 Å². The van der Waals surface area contributed by atoms with Crippen LogP contribution in [0.2, 0.25) is 5.02 Å². The number of aromatic nitrogens is 1. The first kappa shape index (κ1) is 36.9. The van der Waals surface area contributed by atoms with Gasteiger partial charge in [-0.05, 0) is 118 Å². The molecule has 2 aromatic carbocycles. The molecule has 0 radical (unpaired) electrons. The summed E-state index contributed by atoms with van der Waals surface area (Å²) in [6.45, 7) is 6.82. The first-order valence-electron chi connectivity index (χ1n) is 18.1. The van der Waals surface area contributed by atoms with E-state index in [-0.39, 0.29) is 22.8 Å². The van der Waals surface area contributed by atoms with Gasteiger partial charge >= 0.3 is 0 Å². The van der Waals surface area contributed by atoms with Crippen LogP contribution >= 0.6 is 11.6 Å². The van der Waals surface area contributed by atoms with Crippen molar-refractivity contribution in [2.24, 2.45) is 11.8 Å². The molecule has 2 aliphatic carbocycles. The number of carbonyl (C=O) groups is 1. The van der Waals surface area contributed by atoms with Gasteiger partial charge in [0.2, 0.25) is 10.0 Å². The zero-order valence-electron chi connectivity index (χ0n) is 29.7. The number of halogens is 1. The summed E-state index contributed by atoms with van der Waals surface area (Å²) in [6, 6.07) is 17.1. The third-order valence-electron chi connectivity index (χ3n) is 10.7. The molecule has 6 rings (SSSR count). The zero-order chi connectivity index (χ0) is 36.2. The molecule has 0 unspecified atom stereocenters. The van der Waals surface area contributed by atoms with Crippen LogP contribution in [0, 0.1) is 23.7 Å². The highest BCUT2D eigenvalue weighted by Gasteiger charge is 2.47. The molecule has 1 spiro atoms. The molecule has 51 heavy (non-hydrogen) atoms. The molecule has 1 aliphatic heterocycles. The van der Waals surface area contributed by atoms with E-state index in [0.717, 1.165) is 49.9 Å². The monoisotopic (exact) mass is 729 g/mol. The fourth-order valence-corrected chi connectivity index (χ4v) is 8.51. The van der Waals surface area contributed by atoms with E-state index in [0.29, 0.717) is 43.3 Å². The lowest BCUT2D eigenvalue weighted by Crippen LogP contribution is -2.52. The minimum absolute atomic E-state index is 0.0914. The van der Waals surface area contributed by atoms with Gasteiger partial charge in [0.25, 0.3) is 5.91 Å². The number of nitrogens with one attached hydrogen (secondary N) is 1. The molecule has 0 bridgehead atoms. The zero-order valence-corrected chi connectivity index (χ0v) is 31.3. The Bertz CT molecular complexity index is 1940. The smallest absolute Gasteiger partial charge is 0.264 e. The number of anilines is 1. The lowest BCUT2D eigenvalue weighted by Gasteiger charge is -2.47. The number of benzene rings is 2. The normalized spacial score (nSPS) is 22.5. The minimum atomic E-state index is -3.82. The number of allylic oxidation sites excluding steroid dienone is 1. The molecule has 2 N–H and O–H groups in total. The van der Waals surface area contributed by atoms with E-state index in [1.165, 1.54) is 25.0 Å². The van der Waals surface area contributed by atoms with Crippen molar-refractivity contribution in [1.29, 1.82) is 0 Å². The molecule has 1 aromatic heterocycles. The van der Waals surface area contributed by atoms with Gasteiger partial charge < -0.3 is 14.7 Å². The number of sulfonamides is 1. The minimum Gasteiger partial charge on any atom is -0.490 e. The average Bonchev–Trinajstić information content (AvgIpc) is 3.24. The van der Waals surface area contributed by atoms with Crippen molar-refractivity contribution in [2.75, 3.05) is 24.6 Å². The Labute approximate surface area is 307 Å². The van der Waals surface area contributed by atoms with Crippen LogP contribution in [-0.4, -0.2) is 55.0 Å². The van der Waals surface area contributed by atoms with Gasteiger partial charge in [0.1, 0.15) is 11.4 Å². The van der Waals surface area contributed by atoms with Crippen molar-refractivity contribution < 1.29 is 23.1 Å². The van der Waals surface area contributed by atoms with Gasteiger partial charge in [-0.2, -0.15) is 0 Å². The summed E-state index contributed by atoms with van der Waals surface area (Å²) in [5.41, 5.74) is 2.79. The Morgan fingerprint density at radius 2 is 2.06 bits per heavy atom. The summed E-state index contributed by atoms with van der Waals surface area (Å²) in [7, 11) is -3.82. The van der Waals surface area contributed by atoms with Gasteiger partial charge in [-0.3, -0.25) is 9.78 Å². The van der Waals surface area contributed by atoms with Crippen LogP contribution in [0.25, 0.3) is 0 Å². The molecule has 1 saturated carbocycles. The van der Waals surface area contributed by atoms with Crippen molar-refractivity contribution in [3.63, 3.8) is 0 Å². The Morgan fingerprint density at radius 1 is 1.22 bits per heavy atom. The number of aryl methyl sites for hydroxylation is 2. The number of amides is 1. The maximum Gasteiger partial charge on any atom is 0.264 e. The summed E-state index contributed by atoms with van der Waals surface area (Å²) in [6.07, 6.45) is 12.3. The van der Waals surface area contributed by atoms with Gasteiger partial charge in [0, 0.05) is 59.7 Å². The standard InChI is InChI=1S/C41H48ClN3O5S/c1-4-5-21-41(47,22-8-6-12-34-13-7-9-23-43-34)36-17-14-32(36)26-45-27-40(20-10-11-30-24-33(42)16-18-35(30)40)28-50-38-19-15-31(25-37(38)45)39(46)44-51(48,49)29(2)3/h5,7,9,13,15-16,18-19,21,23-25,29,32,36,47H,4,6,10-12,14,17,20,26-28H2,1-3H3,(H,44,46)/b21-5+/t32-,36+,40-,41+/m0/s1. The summed E-state index contributed by atoms with van der Waals surface area (Å²) in [4.78, 5) is 20.0. The molecule has 3 aromatic rings. The molecule has 1 fully saturated rings. The van der Waals surface area contributed by atoms with E-state index in [1.807, 2.05) is 43.3 Å². The number of hydrogen-bond acceptors (Lipinski definition) is 7. The third kappa shape index (κ3) is 8.14. The molecule has 8 nitrogen and oxygen atoms in total. The van der Waals surface area contributed by atoms with Gasteiger partial charge in [0.15, 0.2) is 0 Å². The Hall–Kier alpha value is -3.84. The molecule has 4 atom stereocenters. The van der Waals surface area contributed by atoms with Crippen LogP contribution < -0.4 is 14.4 Å². The SMILES string of the molecule is CC/C=C/[C@@](O)(C#CCCc1ccccn1)[C@@H]1CC[C@H]1CN1C[C@@]2(CCCc3cc(Cl)ccc32)COc2ccc(C(=O)NS(=O)(=O)C(C)C)cc21. The Kier molecular flexibility index (Phi) is 11.2. The molecular formula is C41H48ClN3O5S. The number of aliphatic hydroxyl groups is 1. The van der Waals surface area contributed by atoms with E-state index < -0.39 is 26.8 Å². The lowest BCUT2D eigenvalue weighted by atomic mass is 9.64. The first-order valence-corrected chi connectivity index (χ1v) is 20.0. The van der Waals surface area contributed by atoms with Gasteiger partial charge in [-0.25, -0.2) is 13.1 Å². The number of nitrogens with zero attached hydrogens (tertiary/aromatic N) is 2. The number of rotatable bonds is 10. The summed E-state index contributed by atoms with van der Waals surface area (Å²) < 4.78 is 34.1. The van der Waals surface area contributed by atoms with Gasteiger partial charge in [0.05, 0.1) is 17.5 Å². The molecule has 270 valence electrons. The van der Waals surface area contributed by atoms with Crippen molar-refractivity contribution >= 4 is 33.2 Å².